The van der Waals surface area contributed by atoms with E-state index in [1.165, 1.54) is 13.8 Å². The molecular weight excluding hydrogens is 372 g/mol. The molecule has 1 heterocycles. The summed E-state index contributed by atoms with van der Waals surface area (Å²) in [5.74, 6) is -0.705. The number of hydrogen-bond donors (Lipinski definition) is 1. The van der Waals surface area contributed by atoms with Gasteiger partial charge in [0.25, 0.3) is 5.91 Å². The molecule has 1 amide bonds. The summed E-state index contributed by atoms with van der Waals surface area (Å²) >= 11 is 0. The lowest BCUT2D eigenvalue weighted by Gasteiger charge is -2.13. The highest BCUT2D eigenvalue weighted by Crippen LogP contribution is 2.22. The van der Waals surface area contributed by atoms with Gasteiger partial charge in [-0.1, -0.05) is 18.2 Å². The number of carbonyl (C=O) groups excluding carboxylic acids is 3. The molecule has 0 aliphatic heterocycles. The van der Waals surface area contributed by atoms with Crippen molar-refractivity contribution in [3.63, 3.8) is 0 Å². The molecule has 0 saturated heterocycles. The van der Waals surface area contributed by atoms with Crippen molar-refractivity contribution in [3.8, 4) is 11.5 Å². The van der Waals surface area contributed by atoms with Gasteiger partial charge in [-0.2, -0.15) is 0 Å². The van der Waals surface area contributed by atoms with E-state index in [2.05, 4.69) is 10.3 Å². The monoisotopic (exact) mass is 392 g/mol. The minimum Gasteiger partial charge on any atom is -0.448 e. The van der Waals surface area contributed by atoms with Gasteiger partial charge in [-0.15, -0.1) is 0 Å². The highest BCUT2D eigenvalue weighted by Gasteiger charge is 2.24. The summed E-state index contributed by atoms with van der Waals surface area (Å²) in [5.41, 5.74) is 1.79. The molecule has 3 aromatic rings. The van der Waals surface area contributed by atoms with Crippen LogP contribution in [0, 0.1) is 6.92 Å². The second-order valence-corrected chi connectivity index (χ2v) is 6.46. The fraction of sp³-hybridized carbons (Fsp3) is 0.182. The van der Waals surface area contributed by atoms with E-state index in [-0.39, 0.29) is 11.5 Å². The number of nitrogens with zero attached hydrogens (tertiary/aromatic N) is 1. The van der Waals surface area contributed by atoms with Gasteiger partial charge in [0.05, 0.1) is 0 Å². The van der Waals surface area contributed by atoms with Crippen LogP contribution in [0.1, 0.15) is 40.5 Å². The Hall–Kier alpha value is -3.74. The first-order valence-corrected chi connectivity index (χ1v) is 9.01. The number of oxazole rings is 1. The molecule has 29 heavy (non-hydrogen) atoms. The molecule has 1 atom stereocenters. The fourth-order valence-electron chi connectivity index (χ4n) is 2.59. The number of benzene rings is 2. The average Bonchev–Trinajstić information content (AvgIpc) is 3.11. The normalized spacial score (nSPS) is 11.6. The molecule has 0 saturated carbocycles. The lowest BCUT2D eigenvalue weighted by molar-refractivity contribution is -0.123. The van der Waals surface area contributed by atoms with Crippen molar-refractivity contribution in [2.45, 2.75) is 26.9 Å². The van der Waals surface area contributed by atoms with Crippen LogP contribution in [0.15, 0.2) is 59.0 Å². The van der Waals surface area contributed by atoms with Gasteiger partial charge in [0.1, 0.15) is 5.76 Å². The van der Waals surface area contributed by atoms with Crippen molar-refractivity contribution in [2.75, 3.05) is 5.32 Å². The van der Waals surface area contributed by atoms with E-state index >= 15 is 0 Å². The standard InChI is InChI=1S/C22H20N2O5/c1-13(25)16-9-11-18(12-10-16)23-20(26)15(3)29-22(27)19-14(2)28-21(24-19)17-7-5-4-6-8-17/h4-12,15H,1-3H3,(H,23,26)/t15-/m1/s1. The van der Waals surface area contributed by atoms with Crippen molar-refractivity contribution in [2.24, 2.45) is 0 Å². The van der Waals surface area contributed by atoms with Gasteiger partial charge in [-0.05, 0) is 57.2 Å². The summed E-state index contributed by atoms with van der Waals surface area (Å²) in [5, 5.41) is 2.64. The Morgan fingerprint density at radius 1 is 1.03 bits per heavy atom. The Labute approximate surface area is 167 Å². The van der Waals surface area contributed by atoms with Gasteiger partial charge in [0.2, 0.25) is 5.89 Å². The van der Waals surface area contributed by atoms with Crippen molar-refractivity contribution in [1.29, 1.82) is 0 Å². The van der Waals surface area contributed by atoms with E-state index < -0.39 is 18.0 Å². The number of anilines is 1. The Morgan fingerprint density at radius 2 is 1.69 bits per heavy atom. The molecule has 0 unspecified atom stereocenters. The molecule has 7 heteroatoms. The van der Waals surface area contributed by atoms with Gasteiger partial charge >= 0.3 is 5.97 Å². The molecular formula is C22H20N2O5. The van der Waals surface area contributed by atoms with Crippen LogP contribution >= 0.6 is 0 Å². The van der Waals surface area contributed by atoms with E-state index in [4.69, 9.17) is 9.15 Å². The Morgan fingerprint density at radius 3 is 2.31 bits per heavy atom. The molecule has 0 spiro atoms. The maximum Gasteiger partial charge on any atom is 0.361 e. The van der Waals surface area contributed by atoms with Crippen LogP contribution < -0.4 is 5.32 Å². The highest BCUT2D eigenvalue weighted by molar-refractivity contribution is 5.98. The van der Waals surface area contributed by atoms with Gasteiger partial charge in [0, 0.05) is 16.8 Å². The van der Waals surface area contributed by atoms with Crippen molar-refractivity contribution >= 4 is 23.3 Å². The number of aromatic nitrogens is 1. The summed E-state index contributed by atoms with van der Waals surface area (Å²) in [7, 11) is 0. The number of Topliss-reactive ketones (excluding diaryl/α,β-unsaturated/α-hetero) is 1. The molecule has 2 aromatic carbocycles. The maximum absolute atomic E-state index is 12.4. The molecule has 1 N–H and O–H groups in total. The summed E-state index contributed by atoms with van der Waals surface area (Å²) in [4.78, 5) is 40.2. The van der Waals surface area contributed by atoms with E-state index in [0.29, 0.717) is 22.9 Å². The molecule has 0 aliphatic rings. The van der Waals surface area contributed by atoms with E-state index in [1.54, 1.807) is 31.2 Å². The predicted octanol–water partition coefficient (Wildman–Crippen LogP) is 4.04. The van der Waals surface area contributed by atoms with Crippen molar-refractivity contribution in [1.82, 2.24) is 4.98 Å². The summed E-state index contributed by atoms with van der Waals surface area (Å²) < 4.78 is 10.8. The van der Waals surface area contributed by atoms with Gasteiger partial charge in [-0.3, -0.25) is 9.59 Å². The number of nitrogens with one attached hydrogen (secondary N) is 1. The van der Waals surface area contributed by atoms with Crippen molar-refractivity contribution in [3.05, 3.63) is 71.6 Å². The zero-order chi connectivity index (χ0) is 21.0. The number of ketones is 1. The largest absolute Gasteiger partial charge is 0.448 e. The third-order valence-electron chi connectivity index (χ3n) is 4.22. The Bertz CT molecular complexity index is 1040. The first-order valence-electron chi connectivity index (χ1n) is 9.01. The zero-order valence-corrected chi connectivity index (χ0v) is 16.3. The lowest BCUT2D eigenvalue weighted by Crippen LogP contribution is -2.30. The minimum atomic E-state index is -1.05. The molecule has 0 fully saturated rings. The second-order valence-electron chi connectivity index (χ2n) is 6.46. The number of ether oxygens (including phenoxy) is 1. The molecule has 0 aliphatic carbocycles. The SMILES string of the molecule is CC(=O)c1ccc(NC(=O)[C@@H](C)OC(=O)c2nc(-c3ccccc3)oc2C)cc1. The molecule has 0 bridgehead atoms. The first-order chi connectivity index (χ1) is 13.8. The summed E-state index contributed by atoms with van der Waals surface area (Å²) in [6, 6.07) is 15.6. The number of esters is 1. The second kappa shape index (κ2) is 8.52. The van der Waals surface area contributed by atoms with Gasteiger partial charge < -0.3 is 14.5 Å². The third-order valence-corrected chi connectivity index (χ3v) is 4.22. The average molecular weight is 392 g/mol. The number of amides is 1. The van der Waals surface area contributed by atoms with Crippen LogP contribution in [0.2, 0.25) is 0 Å². The van der Waals surface area contributed by atoms with Crippen LogP contribution in [0.25, 0.3) is 11.5 Å². The molecule has 1 aromatic heterocycles. The number of rotatable bonds is 6. The van der Waals surface area contributed by atoms with Crippen LogP contribution in [0.4, 0.5) is 5.69 Å². The molecule has 148 valence electrons. The van der Waals surface area contributed by atoms with E-state index in [1.807, 2.05) is 30.3 Å². The number of hydrogen-bond acceptors (Lipinski definition) is 6. The zero-order valence-electron chi connectivity index (χ0n) is 16.3. The molecule has 7 nitrogen and oxygen atoms in total. The molecule has 3 rings (SSSR count). The van der Waals surface area contributed by atoms with E-state index in [0.717, 1.165) is 5.56 Å². The van der Waals surface area contributed by atoms with Crippen LogP contribution in [0.3, 0.4) is 0 Å². The third kappa shape index (κ3) is 4.76. The highest BCUT2D eigenvalue weighted by atomic mass is 16.5. The van der Waals surface area contributed by atoms with Crippen LogP contribution in [-0.2, 0) is 9.53 Å². The fourth-order valence-corrected chi connectivity index (χ4v) is 2.59. The topological polar surface area (TPSA) is 98.5 Å². The maximum atomic E-state index is 12.4. The lowest BCUT2D eigenvalue weighted by atomic mass is 10.1. The number of carbonyl (C=O) groups is 3. The Balaban J connectivity index is 1.65. The van der Waals surface area contributed by atoms with Crippen LogP contribution in [-0.4, -0.2) is 28.7 Å². The first kappa shape index (κ1) is 20.0. The minimum absolute atomic E-state index is 0.0225. The predicted molar refractivity (Wildman–Crippen MR) is 107 cm³/mol. The quantitative estimate of drug-likeness (QED) is 0.502. The van der Waals surface area contributed by atoms with Gasteiger partial charge in [0.15, 0.2) is 17.6 Å². The summed E-state index contributed by atoms with van der Waals surface area (Å²) in [6.07, 6.45) is -1.05. The summed E-state index contributed by atoms with van der Waals surface area (Å²) in [6.45, 7) is 4.53. The Kier molecular flexibility index (Phi) is 5.87. The smallest absolute Gasteiger partial charge is 0.361 e. The molecule has 0 radical (unpaired) electrons. The van der Waals surface area contributed by atoms with Crippen LogP contribution in [0.5, 0.6) is 0 Å². The number of aryl methyl sites for hydroxylation is 1. The van der Waals surface area contributed by atoms with E-state index in [9.17, 15) is 14.4 Å². The van der Waals surface area contributed by atoms with Gasteiger partial charge in [-0.25, -0.2) is 9.78 Å². The van der Waals surface area contributed by atoms with Crippen molar-refractivity contribution < 1.29 is 23.5 Å².